The molecule has 0 spiro atoms. The van der Waals surface area contributed by atoms with Crippen molar-refractivity contribution >= 4 is 44.0 Å². The van der Waals surface area contributed by atoms with Crippen molar-refractivity contribution in [3.05, 3.63) is 104 Å². The summed E-state index contributed by atoms with van der Waals surface area (Å²) in [5, 5.41) is 27.3. The fraction of sp³-hybridized carbons (Fsp3) is 0.161. The minimum Gasteiger partial charge on any atom is -0.507 e. The number of aldehydes is 1. The van der Waals surface area contributed by atoms with E-state index < -0.39 is 0 Å². The van der Waals surface area contributed by atoms with Crippen LogP contribution in [0.1, 0.15) is 82.1 Å². The van der Waals surface area contributed by atoms with Gasteiger partial charge in [0, 0.05) is 82.9 Å². The van der Waals surface area contributed by atoms with E-state index in [1.165, 1.54) is 6.07 Å². The molecule has 0 bridgehead atoms. The molecule has 5 N–H and O–H groups in total. The lowest BCUT2D eigenvalue weighted by Crippen LogP contribution is -2.19. The number of rotatable bonds is 5. The monoisotopic (exact) mass is 821 g/mol. The van der Waals surface area contributed by atoms with Crippen LogP contribution in [0.4, 0.5) is 0 Å². The second kappa shape index (κ2) is 16.9. The minimum atomic E-state index is 0. The van der Waals surface area contributed by atoms with E-state index in [9.17, 15) is 9.90 Å². The topological polar surface area (TPSA) is 164 Å². The van der Waals surface area contributed by atoms with Gasteiger partial charge in [-0.25, -0.2) is 9.67 Å². The molecule has 0 aliphatic heterocycles. The first kappa shape index (κ1) is 18.2. The van der Waals surface area contributed by atoms with Crippen LogP contribution in [0.15, 0.2) is 87.1 Å². The maximum atomic E-state index is 10.2. The standard InChI is InChI=1S/C15H13BrN4O.C8H12N4.C7H5BrO2.CH4.16H2/c1-9-4-3-7-17-13(9)14-18-15(20(2)19-14)11-8-10(16)5-6-12(11)21;1-6-4-3-5-11-7(6)8(9)12-10-2;8-6-1-2-7(10)5(3-6)4-9;;;;;;;;;;;;;;;;;/h3-8,21H,1-2H3;3-5,10H,1-2H3,(H2,9,12);1-4,10H;1H4;16*1H/i;;;;16*1+2T. The Labute approximate surface area is 322 Å². The maximum Gasteiger partial charge on any atom is 0.200 e. The maximum absolute atomic E-state index is 10.2. The lowest BCUT2D eigenvalue weighted by molar-refractivity contribution is 0.112. The average molecular weight is 823 g/mol. The van der Waals surface area contributed by atoms with E-state index in [0.29, 0.717) is 34.9 Å². The van der Waals surface area contributed by atoms with Crippen molar-refractivity contribution in [1.82, 2.24) is 30.2 Å². The van der Waals surface area contributed by atoms with Gasteiger partial charge in [0.05, 0.1) is 11.1 Å². The third-order valence-electron chi connectivity index (χ3n) is 5.78. The lowest BCUT2D eigenvalue weighted by Gasteiger charge is -2.03. The van der Waals surface area contributed by atoms with Crippen molar-refractivity contribution in [2.45, 2.75) is 21.3 Å². The minimum absolute atomic E-state index is 0. The Morgan fingerprint density at radius 1 is 1.00 bits per heavy atom. The van der Waals surface area contributed by atoms with Crippen LogP contribution in [-0.4, -0.2) is 54.1 Å². The Balaban J connectivity index is -0.0000000457. The molecule has 11 nitrogen and oxygen atoms in total. The van der Waals surface area contributed by atoms with Crippen LogP contribution < -0.4 is 11.2 Å². The highest BCUT2D eigenvalue weighted by Gasteiger charge is 2.16. The molecular weight excluding hydrogens is 692 g/mol. The molecule has 2 aromatic carbocycles. The Morgan fingerprint density at radius 3 is 2.20 bits per heavy atom. The zero-order valence-electron chi connectivity index (χ0n) is 55.8. The predicted molar refractivity (Wildman–Crippen MR) is 214 cm³/mol. The summed E-state index contributed by atoms with van der Waals surface area (Å²) in [5.41, 5.74) is 12.7. The zero-order valence-corrected chi connectivity index (χ0v) is 27.0. The van der Waals surface area contributed by atoms with Gasteiger partial charge in [0.25, 0.3) is 0 Å². The number of pyridine rings is 2. The second-order valence-corrected chi connectivity index (χ2v) is 10.8. The number of hydrogen-bond donors (Lipinski definition) is 4. The van der Waals surface area contributed by atoms with E-state index in [0.717, 1.165) is 31.5 Å². The first-order chi connectivity index (χ1) is 36.5. The van der Waals surface area contributed by atoms with Crippen LogP contribution in [0.2, 0.25) is 0 Å². The first-order valence-corrected chi connectivity index (χ1v) is 14.3. The number of hydrogen-bond acceptors (Lipinski definition) is 9. The SMILES string of the molecule is C.CN/N=C(\N)c1ncccc1C.Cc1cccnc1-c1nc(-c2cc(Br)ccc2O)n(C)n1.O=Cc1cc(Br)ccc1O.[3H][3H].[3H][3H].[3H][3H].[3H][3H].[3H][3H].[3H][3H].[3H][3H].[3H][3H].[3H][3H].[3H][3H].[3H][3H].[3H][3H].[3H][3H].[3H][3H].[3H][3H].[3H][3H]. The normalized spacial score (nSPS) is 13.3. The van der Waals surface area contributed by atoms with E-state index in [1.54, 1.807) is 55.4 Å². The molecule has 5 rings (SSSR count). The molecule has 0 radical (unpaired) electrons. The van der Waals surface area contributed by atoms with Crippen molar-refractivity contribution in [2.75, 3.05) is 7.05 Å². The Morgan fingerprint density at radius 2 is 1.61 bits per heavy atom. The van der Waals surface area contributed by atoms with Crippen LogP contribution in [0, 0.1) is 13.8 Å². The molecule has 0 unspecified atom stereocenters. The van der Waals surface area contributed by atoms with E-state index in [-0.39, 0.29) is 18.9 Å². The van der Waals surface area contributed by atoms with Gasteiger partial charge in [-0.1, -0.05) is 51.4 Å². The average Bonchev–Trinajstić information content (AvgIpc) is 3.91. The number of phenolic OH excluding ortho intramolecular Hbond substituents is 2. The zero-order chi connectivity index (χ0) is 63.5. The van der Waals surface area contributed by atoms with Crippen LogP contribution >= 0.6 is 31.9 Å². The molecule has 0 amide bonds. The Bertz CT molecular complexity index is 1820. The number of carbonyl (C=O) groups excluding carboxylic acids is 1. The molecule has 0 aliphatic carbocycles. The highest BCUT2D eigenvalue weighted by atomic mass is 79.9. The number of nitrogens with zero attached hydrogens (tertiary/aromatic N) is 6. The largest absolute Gasteiger partial charge is 0.507 e. The number of halogens is 2. The van der Waals surface area contributed by atoms with E-state index in [2.05, 4.69) is 62.4 Å². The summed E-state index contributed by atoms with van der Waals surface area (Å²) in [5.74, 6) is 1.73. The summed E-state index contributed by atoms with van der Waals surface area (Å²) >= 11 is 6.57. The number of hydrazone groups is 1. The Kier molecular flexibility index (Phi) is 7.00. The number of benzene rings is 2. The number of aromatic nitrogens is 5. The van der Waals surface area contributed by atoms with Crippen molar-refractivity contribution in [3.8, 4) is 34.4 Å². The van der Waals surface area contributed by atoms with Gasteiger partial charge in [0.15, 0.2) is 17.9 Å². The van der Waals surface area contributed by atoms with Gasteiger partial charge in [-0.05, 0) is 73.5 Å². The third-order valence-corrected chi connectivity index (χ3v) is 6.77. The summed E-state index contributed by atoms with van der Waals surface area (Å²) in [7, 11) is 3.50. The summed E-state index contributed by atoms with van der Waals surface area (Å²) in [6.45, 7) is 3.91. The molecule has 3 aromatic heterocycles. The number of aryl methyl sites for hydroxylation is 3. The summed E-state index contributed by atoms with van der Waals surface area (Å²) in [4.78, 5) is 23.1. The van der Waals surface area contributed by atoms with E-state index in [4.69, 9.17) is 58.4 Å². The highest BCUT2D eigenvalue weighted by molar-refractivity contribution is 9.10. The number of nitrogens with one attached hydrogen (secondary N) is 1. The molecule has 262 valence electrons. The smallest absolute Gasteiger partial charge is 0.200 e. The molecule has 5 aromatic rings. The Hall–Kier alpha value is -4.62. The molecule has 3 heterocycles. The van der Waals surface area contributed by atoms with Crippen molar-refractivity contribution < 1.29 is 62.5 Å². The molecule has 13 heteroatoms. The second-order valence-electron chi connectivity index (χ2n) is 8.92. The number of aromatic hydroxyl groups is 2. The molecule has 0 aliphatic rings. The summed E-state index contributed by atoms with van der Waals surface area (Å²) in [6.07, 6.45) is 4.02. The fourth-order valence-electron chi connectivity index (χ4n) is 3.67. The van der Waals surface area contributed by atoms with Gasteiger partial charge in [-0.15, -0.1) is 5.10 Å². The van der Waals surface area contributed by atoms with E-state index >= 15 is 0 Å². The van der Waals surface area contributed by atoms with Crippen LogP contribution in [0.25, 0.3) is 22.9 Å². The van der Waals surface area contributed by atoms with Gasteiger partial charge in [0.1, 0.15) is 22.9 Å². The molecule has 0 saturated heterocycles. The molecule has 44 heavy (non-hydrogen) atoms. The van der Waals surface area contributed by atoms with Gasteiger partial charge in [-0.3, -0.25) is 14.8 Å². The highest BCUT2D eigenvalue weighted by Crippen LogP contribution is 2.31. The van der Waals surface area contributed by atoms with Crippen molar-refractivity contribution in [3.63, 3.8) is 0 Å². The molecule has 0 atom stereocenters. The summed E-state index contributed by atoms with van der Waals surface area (Å²) < 4.78 is 163. The number of amidine groups is 1. The molecule has 0 saturated carbocycles. The lowest BCUT2D eigenvalue weighted by atomic mass is 10.2. The van der Waals surface area contributed by atoms with Gasteiger partial charge < -0.3 is 21.4 Å². The third kappa shape index (κ3) is 9.44. The van der Waals surface area contributed by atoms with Crippen molar-refractivity contribution in [2.24, 2.45) is 17.9 Å². The van der Waals surface area contributed by atoms with Crippen molar-refractivity contribution in [1.29, 1.82) is 0 Å². The van der Waals surface area contributed by atoms with Crippen LogP contribution in [0.3, 0.4) is 0 Å². The molecule has 0 fully saturated rings. The number of phenols is 2. The van der Waals surface area contributed by atoms with Crippen LogP contribution in [-0.2, 0) is 7.05 Å². The van der Waals surface area contributed by atoms with Gasteiger partial charge in [0.2, 0.25) is 5.82 Å². The van der Waals surface area contributed by atoms with Gasteiger partial charge in [-0.2, -0.15) is 5.10 Å². The van der Waals surface area contributed by atoms with Gasteiger partial charge >= 0.3 is 0 Å². The molecular formula is C31H66Br2N8O3. The summed E-state index contributed by atoms with van der Waals surface area (Å²) in [6, 6.07) is 17.6. The number of carbonyl (C=O) groups is 1. The van der Waals surface area contributed by atoms with E-state index in [1.807, 2.05) is 44.2 Å². The predicted octanol–water partition coefficient (Wildman–Crippen LogP) is 10.1. The quantitative estimate of drug-likeness (QED) is 0.0584. The fourth-order valence-corrected chi connectivity index (χ4v) is 4.41. The van der Waals surface area contributed by atoms with Crippen LogP contribution in [0.5, 0.6) is 11.5 Å². The first-order valence-electron chi connectivity index (χ1n) is 28.7. The number of nitrogens with two attached hydrogens (primary N) is 1.